The number of aryl methyl sites for hydroxylation is 1. The molecule has 4 nitrogen and oxygen atoms in total. The molecular weight excluding hydrogens is 188 g/mol. The molecule has 86 valence electrons. The first-order valence-corrected chi connectivity index (χ1v) is 5.60. The number of hydrogen-bond donors (Lipinski definition) is 1. The predicted molar refractivity (Wildman–Crippen MR) is 61.5 cm³/mol. The number of nitrogens with zero attached hydrogens (tertiary/aromatic N) is 3. The summed E-state index contributed by atoms with van der Waals surface area (Å²) < 4.78 is 1.93. The van der Waals surface area contributed by atoms with Crippen molar-refractivity contribution in [2.45, 2.75) is 47.2 Å². The summed E-state index contributed by atoms with van der Waals surface area (Å²) >= 11 is 0. The standard InChI is InChI=1S/C11H22N4/c1-5-12-8-10-13-9-15(14-10)7-6-11(2,3)4/h9,12H,5-8H2,1-4H3. The number of hydrogen-bond acceptors (Lipinski definition) is 3. The minimum absolute atomic E-state index is 0.355. The van der Waals surface area contributed by atoms with Gasteiger partial charge in [0.05, 0.1) is 6.54 Å². The van der Waals surface area contributed by atoms with Crippen LogP contribution in [0.3, 0.4) is 0 Å². The van der Waals surface area contributed by atoms with Crippen molar-refractivity contribution >= 4 is 0 Å². The molecule has 0 fully saturated rings. The fourth-order valence-electron chi connectivity index (χ4n) is 1.21. The molecule has 0 aliphatic carbocycles. The van der Waals surface area contributed by atoms with Gasteiger partial charge in [-0.15, -0.1) is 0 Å². The summed E-state index contributed by atoms with van der Waals surface area (Å²) in [5.41, 5.74) is 0.355. The predicted octanol–water partition coefficient (Wildman–Crippen LogP) is 1.82. The lowest BCUT2D eigenvalue weighted by Gasteiger charge is -2.17. The van der Waals surface area contributed by atoms with Gasteiger partial charge in [-0.05, 0) is 18.4 Å². The van der Waals surface area contributed by atoms with Crippen molar-refractivity contribution < 1.29 is 0 Å². The molecule has 1 aromatic rings. The molecule has 0 amide bonds. The van der Waals surface area contributed by atoms with Crippen LogP contribution in [0, 0.1) is 5.41 Å². The molecule has 0 spiro atoms. The lowest BCUT2D eigenvalue weighted by atomic mass is 9.92. The second-order valence-electron chi connectivity index (χ2n) is 5.01. The third-order valence-electron chi connectivity index (χ3n) is 2.21. The zero-order chi connectivity index (χ0) is 11.3. The van der Waals surface area contributed by atoms with Gasteiger partial charge in [0.15, 0.2) is 5.82 Å². The Morgan fingerprint density at radius 2 is 2.13 bits per heavy atom. The van der Waals surface area contributed by atoms with Gasteiger partial charge in [-0.1, -0.05) is 27.7 Å². The molecular formula is C11H22N4. The van der Waals surface area contributed by atoms with Crippen molar-refractivity contribution in [3.05, 3.63) is 12.2 Å². The average molecular weight is 210 g/mol. The highest BCUT2D eigenvalue weighted by molar-refractivity contribution is 4.80. The summed E-state index contributed by atoms with van der Waals surface area (Å²) in [6, 6.07) is 0. The van der Waals surface area contributed by atoms with Crippen LogP contribution in [-0.2, 0) is 13.1 Å². The first-order valence-electron chi connectivity index (χ1n) is 5.60. The van der Waals surface area contributed by atoms with Crippen LogP contribution in [0.15, 0.2) is 6.33 Å². The minimum Gasteiger partial charge on any atom is -0.310 e. The number of aromatic nitrogens is 3. The van der Waals surface area contributed by atoms with Crippen LogP contribution in [0.1, 0.15) is 39.9 Å². The Hall–Kier alpha value is -0.900. The van der Waals surface area contributed by atoms with Crippen LogP contribution < -0.4 is 5.32 Å². The van der Waals surface area contributed by atoms with Crippen LogP contribution >= 0.6 is 0 Å². The quantitative estimate of drug-likeness (QED) is 0.806. The lowest BCUT2D eigenvalue weighted by Crippen LogP contribution is -2.14. The molecule has 1 rings (SSSR count). The summed E-state index contributed by atoms with van der Waals surface area (Å²) in [5, 5.41) is 7.61. The topological polar surface area (TPSA) is 42.7 Å². The molecule has 0 aromatic carbocycles. The average Bonchev–Trinajstić information content (AvgIpc) is 2.58. The van der Waals surface area contributed by atoms with Gasteiger partial charge in [-0.25, -0.2) is 4.98 Å². The van der Waals surface area contributed by atoms with Gasteiger partial charge < -0.3 is 5.32 Å². The van der Waals surface area contributed by atoms with E-state index < -0.39 is 0 Å². The number of nitrogens with one attached hydrogen (secondary N) is 1. The van der Waals surface area contributed by atoms with Gasteiger partial charge in [0.25, 0.3) is 0 Å². The fourth-order valence-corrected chi connectivity index (χ4v) is 1.21. The monoisotopic (exact) mass is 210 g/mol. The minimum atomic E-state index is 0.355. The molecule has 1 heterocycles. The Labute approximate surface area is 92.1 Å². The van der Waals surface area contributed by atoms with Crippen molar-refractivity contribution in [3.63, 3.8) is 0 Å². The van der Waals surface area contributed by atoms with Crippen LogP contribution in [0.25, 0.3) is 0 Å². The first-order chi connectivity index (χ1) is 7.01. The van der Waals surface area contributed by atoms with Crippen LogP contribution in [0.4, 0.5) is 0 Å². The van der Waals surface area contributed by atoms with Crippen molar-refractivity contribution in [2.75, 3.05) is 6.54 Å². The third kappa shape index (κ3) is 4.93. The van der Waals surface area contributed by atoms with E-state index in [0.717, 1.165) is 31.9 Å². The largest absolute Gasteiger partial charge is 0.310 e. The second-order valence-corrected chi connectivity index (χ2v) is 5.01. The molecule has 0 unspecified atom stereocenters. The maximum Gasteiger partial charge on any atom is 0.164 e. The Morgan fingerprint density at radius 3 is 2.73 bits per heavy atom. The molecule has 1 N–H and O–H groups in total. The summed E-state index contributed by atoms with van der Waals surface area (Å²) in [7, 11) is 0. The normalized spacial score (nSPS) is 12.0. The SMILES string of the molecule is CCNCc1ncn(CCC(C)(C)C)n1. The van der Waals surface area contributed by atoms with E-state index in [0.29, 0.717) is 5.41 Å². The molecule has 0 atom stereocenters. The molecule has 0 saturated heterocycles. The van der Waals surface area contributed by atoms with E-state index >= 15 is 0 Å². The zero-order valence-corrected chi connectivity index (χ0v) is 10.2. The third-order valence-corrected chi connectivity index (χ3v) is 2.21. The Bertz CT molecular complexity index is 285. The maximum atomic E-state index is 4.39. The summed E-state index contributed by atoms with van der Waals surface area (Å²) in [5.74, 6) is 0.880. The molecule has 0 radical (unpaired) electrons. The maximum absolute atomic E-state index is 4.39. The summed E-state index contributed by atoms with van der Waals surface area (Å²) in [6.07, 6.45) is 2.94. The molecule has 0 aliphatic rings. The van der Waals surface area contributed by atoms with Gasteiger partial charge in [0.1, 0.15) is 6.33 Å². The van der Waals surface area contributed by atoms with Crippen molar-refractivity contribution in [1.29, 1.82) is 0 Å². The Kier molecular flexibility index (Phi) is 4.27. The van der Waals surface area contributed by atoms with Crippen molar-refractivity contribution in [3.8, 4) is 0 Å². The van der Waals surface area contributed by atoms with E-state index in [1.54, 1.807) is 0 Å². The molecule has 15 heavy (non-hydrogen) atoms. The second kappa shape index (κ2) is 5.26. The highest BCUT2D eigenvalue weighted by Crippen LogP contribution is 2.18. The summed E-state index contributed by atoms with van der Waals surface area (Å²) in [6.45, 7) is 11.5. The fraction of sp³-hybridized carbons (Fsp3) is 0.818. The number of rotatable bonds is 5. The van der Waals surface area contributed by atoms with Crippen LogP contribution in [-0.4, -0.2) is 21.3 Å². The van der Waals surface area contributed by atoms with E-state index in [4.69, 9.17) is 0 Å². The van der Waals surface area contributed by atoms with Crippen LogP contribution in [0.5, 0.6) is 0 Å². The summed E-state index contributed by atoms with van der Waals surface area (Å²) in [4.78, 5) is 4.24. The van der Waals surface area contributed by atoms with Gasteiger partial charge in [-0.3, -0.25) is 4.68 Å². The van der Waals surface area contributed by atoms with Gasteiger partial charge in [0.2, 0.25) is 0 Å². The van der Waals surface area contributed by atoms with E-state index in [9.17, 15) is 0 Å². The smallest absolute Gasteiger partial charge is 0.164 e. The molecule has 4 heteroatoms. The molecule has 0 saturated carbocycles. The lowest BCUT2D eigenvalue weighted by molar-refractivity contribution is 0.340. The van der Waals surface area contributed by atoms with E-state index in [1.165, 1.54) is 0 Å². The van der Waals surface area contributed by atoms with Gasteiger partial charge >= 0.3 is 0 Å². The zero-order valence-electron chi connectivity index (χ0n) is 10.2. The van der Waals surface area contributed by atoms with E-state index in [1.807, 2.05) is 11.0 Å². The van der Waals surface area contributed by atoms with E-state index in [-0.39, 0.29) is 0 Å². The highest BCUT2D eigenvalue weighted by atomic mass is 15.3. The van der Waals surface area contributed by atoms with Gasteiger partial charge in [-0.2, -0.15) is 5.10 Å². The van der Waals surface area contributed by atoms with Crippen molar-refractivity contribution in [1.82, 2.24) is 20.1 Å². The molecule has 0 bridgehead atoms. The molecule has 1 aromatic heterocycles. The van der Waals surface area contributed by atoms with Crippen molar-refractivity contribution in [2.24, 2.45) is 5.41 Å². The Balaban J connectivity index is 2.39. The first kappa shape index (κ1) is 12.2. The van der Waals surface area contributed by atoms with Gasteiger partial charge in [0, 0.05) is 6.54 Å². The molecule has 0 aliphatic heterocycles. The van der Waals surface area contributed by atoms with Crippen LogP contribution in [0.2, 0.25) is 0 Å². The Morgan fingerprint density at radius 1 is 1.40 bits per heavy atom. The van der Waals surface area contributed by atoms with E-state index in [2.05, 4.69) is 43.1 Å². The highest BCUT2D eigenvalue weighted by Gasteiger charge is 2.10.